The minimum absolute atomic E-state index is 0.162. The molecular formula is C28H33N3O3. The first kappa shape index (κ1) is 22.7. The third-order valence-corrected chi connectivity index (χ3v) is 7.45. The molecule has 0 bridgehead atoms. The molecule has 34 heavy (non-hydrogen) atoms. The molecule has 0 amide bonds. The number of carbonyl (C=O) groups is 1. The Kier molecular flexibility index (Phi) is 6.44. The standard InChI is InChI=1S/C28H33N3O3/c1-30-15-17-31(18-16-30)24-9-5-21(6-10-24)25-11-12-26(29-25)28(13-19-34-20-14-28)23-7-3-22(4-8-23)27(32)33-2/h3-12,29H,13-20H2,1-2H3. The molecule has 0 atom stereocenters. The van der Waals surface area contributed by atoms with Gasteiger partial charge in [0.2, 0.25) is 0 Å². The van der Waals surface area contributed by atoms with Crippen LogP contribution in [0.15, 0.2) is 60.7 Å². The summed E-state index contributed by atoms with van der Waals surface area (Å²) in [4.78, 5) is 20.5. The van der Waals surface area contributed by atoms with E-state index in [4.69, 9.17) is 9.47 Å². The van der Waals surface area contributed by atoms with Gasteiger partial charge >= 0.3 is 5.97 Å². The number of nitrogens with one attached hydrogen (secondary N) is 1. The first-order chi connectivity index (χ1) is 16.6. The van der Waals surface area contributed by atoms with Crippen LogP contribution in [-0.2, 0) is 14.9 Å². The van der Waals surface area contributed by atoms with Gasteiger partial charge in [0.1, 0.15) is 0 Å². The van der Waals surface area contributed by atoms with Gasteiger partial charge in [0.15, 0.2) is 0 Å². The predicted molar refractivity (Wildman–Crippen MR) is 135 cm³/mol. The number of ether oxygens (including phenoxy) is 2. The van der Waals surface area contributed by atoms with E-state index < -0.39 is 0 Å². The quantitative estimate of drug-likeness (QED) is 0.576. The number of hydrogen-bond donors (Lipinski definition) is 1. The largest absolute Gasteiger partial charge is 0.465 e. The molecule has 3 heterocycles. The Balaban J connectivity index is 1.40. The minimum atomic E-state index is -0.310. The number of aromatic amines is 1. The van der Waals surface area contributed by atoms with Gasteiger partial charge in [-0.15, -0.1) is 0 Å². The second kappa shape index (κ2) is 9.65. The zero-order valence-electron chi connectivity index (χ0n) is 20.0. The molecule has 6 nitrogen and oxygen atoms in total. The fraction of sp³-hybridized carbons (Fsp3) is 0.393. The fourth-order valence-electron chi connectivity index (χ4n) is 5.24. The highest BCUT2D eigenvalue weighted by atomic mass is 16.5. The van der Waals surface area contributed by atoms with Crippen molar-refractivity contribution in [1.82, 2.24) is 9.88 Å². The van der Waals surface area contributed by atoms with Crippen LogP contribution in [0, 0.1) is 0 Å². The van der Waals surface area contributed by atoms with Crippen molar-refractivity contribution in [2.75, 3.05) is 58.5 Å². The van der Waals surface area contributed by atoms with Gasteiger partial charge in [0.05, 0.1) is 12.7 Å². The van der Waals surface area contributed by atoms with Gasteiger partial charge in [-0.2, -0.15) is 0 Å². The third-order valence-electron chi connectivity index (χ3n) is 7.45. The number of rotatable bonds is 5. The van der Waals surface area contributed by atoms with Crippen molar-refractivity contribution in [1.29, 1.82) is 0 Å². The van der Waals surface area contributed by atoms with Gasteiger partial charge in [-0.05, 0) is 67.4 Å². The Morgan fingerprint density at radius 3 is 2.24 bits per heavy atom. The molecule has 178 valence electrons. The molecule has 2 fully saturated rings. The van der Waals surface area contributed by atoms with E-state index >= 15 is 0 Å². The Morgan fingerprint density at radius 2 is 1.59 bits per heavy atom. The smallest absolute Gasteiger partial charge is 0.337 e. The maximum Gasteiger partial charge on any atom is 0.337 e. The summed E-state index contributed by atoms with van der Waals surface area (Å²) in [5.41, 5.74) is 6.40. The van der Waals surface area contributed by atoms with Crippen LogP contribution in [0.2, 0.25) is 0 Å². The number of esters is 1. The SMILES string of the molecule is COC(=O)c1ccc(C2(c3ccc(-c4ccc(N5CCN(C)CC5)cc4)[nH]3)CCOCC2)cc1. The monoisotopic (exact) mass is 459 g/mol. The number of nitrogens with zero attached hydrogens (tertiary/aromatic N) is 2. The Hall–Kier alpha value is -3.09. The lowest BCUT2D eigenvalue weighted by atomic mass is 9.71. The zero-order chi connectivity index (χ0) is 23.5. The summed E-state index contributed by atoms with van der Waals surface area (Å²) in [6.45, 7) is 5.78. The number of likely N-dealkylation sites (N-methyl/N-ethyl adjacent to an activating group) is 1. The van der Waals surface area contributed by atoms with Crippen molar-refractivity contribution in [2.24, 2.45) is 0 Å². The number of aromatic nitrogens is 1. The first-order valence-electron chi connectivity index (χ1n) is 12.1. The maximum atomic E-state index is 11.9. The normalized spacial score (nSPS) is 18.6. The molecule has 1 N–H and O–H groups in total. The van der Waals surface area contributed by atoms with Crippen LogP contribution in [0.4, 0.5) is 5.69 Å². The lowest BCUT2D eigenvalue weighted by molar-refractivity contribution is 0.0596. The second-order valence-electron chi connectivity index (χ2n) is 9.39. The van der Waals surface area contributed by atoms with E-state index in [1.165, 1.54) is 29.6 Å². The summed E-state index contributed by atoms with van der Waals surface area (Å²) in [7, 11) is 3.59. The highest BCUT2D eigenvalue weighted by Gasteiger charge is 2.37. The molecule has 2 aromatic carbocycles. The summed E-state index contributed by atoms with van der Waals surface area (Å²) in [6, 6.07) is 21.1. The highest BCUT2D eigenvalue weighted by molar-refractivity contribution is 5.89. The molecule has 0 saturated carbocycles. The molecule has 6 heteroatoms. The van der Waals surface area contributed by atoms with Crippen molar-refractivity contribution in [3.63, 3.8) is 0 Å². The number of piperazine rings is 1. The van der Waals surface area contributed by atoms with Crippen molar-refractivity contribution in [3.8, 4) is 11.3 Å². The van der Waals surface area contributed by atoms with E-state index in [0.29, 0.717) is 18.8 Å². The average molecular weight is 460 g/mol. The van der Waals surface area contributed by atoms with Crippen molar-refractivity contribution >= 4 is 11.7 Å². The summed E-state index contributed by atoms with van der Waals surface area (Å²) in [5.74, 6) is -0.310. The first-order valence-corrected chi connectivity index (χ1v) is 12.1. The van der Waals surface area contributed by atoms with Crippen molar-refractivity contribution in [2.45, 2.75) is 18.3 Å². The molecule has 2 saturated heterocycles. The molecule has 0 aliphatic carbocycles. The van der Waals surface area contributed by atoms with Crippen LogP contribution < -0.4 is 4.90 Å². The summed E-state index contributed by atoms with van der Waals surface area (Å²) >= 11 is 0. The van der Waals surface area contributed by atoms with Crippen LogP contribution in [0.1, 0.15) is 34.5 Å². The van der Waals surface area contributed by atoms with Gasteiger partial charge in [-0.1, -0.05) is 24.3 Å². The van der Waals surface area contributed by atoms with E-state index in [1.54, 1.807) is 0 Å². The minimum Gasteiger partial charge on any atom is -0.465 e. The number of anilines is 1. The average Bonchev–Trinajstić information content (AvgIpc) is 3.40. The van der Waals surface area contributed by atoms with Crippen LogP contribution >= 0.6 is 0 Å². The van der Waals surface area contributed by atoms with Gasteiger partial charge in [0, 0.05) is 61.9 Å². The molecule has 3 aromatic rings. The summed E-state index contributed by atoms with van der Waals surface area (Å²) in [5, 5.41) is 0. The highest BCUT2D eigenvalue weighted by Crippen LogP contribution is 2.41. The predicted octanol–water partition coefficient (Wildman–Crippen LogP) is 4.32. The summed E-state index contributed by atoms with van der Waals surface area (Å²) in [6.07, 6.45) is 1.79. The molecule has 2 aliphatic rings. The summed E-state index contributed by atoms with van der Waals surface area (Å²) < 4.78 is 10.6. The lowest BCUT2D eigenvalue weighted by Gasteiger charge is -2.37. The van der Waals surface area contributed by atoms with Gasteiger partial charge < -0.3 is 24.3 Å². The molecule has 2 aliphatic heterocycles. The number of methoxy groups -OCH3 is 1. The number of carbonyl (C=O) groups excluding carboxylic acids is 1. The number of benzene rings is 2. The van der Waals surface area contributed by atoms with E-state index in [9.17, 15) is 4.79 Å². The fourth-order valence-corrected chi connectivity index (χ4v) is 5.24. The van der Waals surface area contributed by atoms with Crippen LogP contribution in [0.25, 0.3) is 11.3 Å². The number of hydrogen-bond acceptors (Lipinski definition) is 5. The molecule has 1 aromatic heterocycles. The Morgan fingerprint density at radius 1 is 0.912 bits per heavy atom. The van der Waals surface area contributed by atoms with Crippen LogP contribution in [0.5, 0.6) is 0 Å². The second-order valence-corrected chi connectivity index (χ2v) is 9.39. The maximum absolute atomic E-state index is 11.9. The van der Waals surface area contributed by atoms with E-state index in [-0.39, 0.29) is 11.4 Å². The molecule has 0 unspecified atom stereocenters. The van der Waals surface area contributed by atoms with Crippen LogP contribution in [0.3, 0.4) is 0 Å². The molecule has 5 rings (SSSR count). The van der Waals surface area contributed by atoms with Crippen molar-refractivity contribution < 1.29 is 14.3 Å². The third kappa shape index (κ3) is 4.36. The topological polar surface area (TPSA) is 57.8 Å². The van der Waals surface area contributed by atoms with Crippen LogP contribution in [-0.4, -0.2) is 69.4 Å². The zero-order valence-corrected chi connectivity index (χ0v) is 20.0. The van der Waals surface area contributed by atoms with Gasteiger partial charge in [-0.25, -0.2) is 4.79 Å². The molecule has 0 radical (unpaired) electrons. The van der Waals surface area contributed by atoms with E-state index in [2.05, 4.69) is 70.4 Å². The number of H-pyrrole nitrogens is 1. The Bertz CT molecular complexity index is 1110. The van der Waals surface area contributed by atoms with E-state index in [0.717, 1.165) is 44.7 Å². The lowest BCUT2D eigenvalue weighted by Crippen LogP contribution is -2.44. The van der Waals surface area contributed by atoms with Gasteiger partial charge in [-0.3, -0.25) is 0 Å². The Labute approximate surface area is 201 Å². The molecular weight excluding hydrogens is 426 g/mol. The molecule has 0 spiro atoms. The van der Waals surface area contributed by atoms with Crippen molar-refractivity contribution in [3.05, 3.63) is 77.5 Å². The van der Waals surface area contributed by atoms with E-state index in [1.807, 2.05) is 12.1 Å². The van der Waals surface area contributed by atoms with Gasteiger partial charge in [0.25, 0.3) is 0 Å².